The van der Waals surface area contributed by atoms with Crippen molar-refractivity contribution in [1.29, 1.82) is 0 Å². The van der Waals surface area contributed by atoms with Crippen molar-refractivity contribution >= 4 is 21.5 Å². The molecule has 2 atom stereocenters. The molecule has 1 saturated carbocycles. The maximum atomic E-state index is 10.5. The molecular formula is C37H39NO3. The predicted octanol–water partition coefficient (Wildman–Crippen LogP) is 7.84. The molecular weight excluding hydrogens is 506 g/mol. The third-order valence-electron chi connectivity index (χ3n) is 8.46. The molecule has 5 aromatic carbocycles. The summed E-state index contributed by atoms with van der Waals surface area (Å²) in [6.45, 7) is 0.841. The maximum Gasteiger partial charge on any atom is 0.119 e. The summed E-state index contributed by atoms with van der Waals surface area (Å²) < 4.78 is 11.5. The van der Waals surface area contributed by atoms with E-state index in [0.29, 0.717) is 12.6 Å². The highest BCUT2D eigenvalue weighted by atomic mass is 16.5. The van der Waals surface area contributed by atoms with E-state index in [1.165, 1.54) is 70.3 Å². The Kier molecular flexibility index (Phi) is 8.50. The van der Waals surface area contributed by atoms with Crippen molar-refractivity contribution in [3.8, 4) is 11.5 Å². The van der Waals surface area contributed by atoms with Gasteiger partial charge in [-0.15, -0.1) is 0 Å². The SMILES string of the molecule is COc1ccc(C(c2ccc(OCC(O)CNC3CCCCC3)cc2)c2cc3ccccc3c3ccccc23)cc1. The molecule has 1 fully saturated rings. The number of aliphatic hydroxyl groups is 1. The average Bonchev–Trinajstić information content (AvgIpc) is 3.04. The summed E-state index contributed by atoms with van der Waals surface area (Å²) in [6, 6.07) is 36.9. The lowest BCUT2D eigenvalue weighted by Gasteiger charge is -2.24. The maximum absolute atomic E-state index is 10.5. The lowest BCUT2D eigenvalue weighted by Crippen LogP contribution is -2.38. The third kappa shape index (κ3) is 6.24. The Hall–Kier alpha value is -3.86. The van der Waals surface area contributed by atoms with E-state index >= 15 is 0 Å². The Balaban J connectivity index is 1.28. The van der Waals surface area contributed by atoms with Crippen LogP contribution in [0.25, 0.3) is 21.5 Å². The van der Waals surface area contributed by atoms with Crippen LogP contribution in [0.2, 0.25) is 0 Å². The number of aliphatic hydroxyl groups excluding tert-OH is 1. The average molecular weight is 546 g/mol. The van der Waals surface area contributed by atoms with Gasteiger partial charge >= 0.3 is 0 Å². The van der Waals surface area contributed by atoms with Crippen LogP contribution in [0.5, 0.6) is 11.5 Å². The standard InChI is InChI=1S/C37H39NO3/c1-40-31-19-15-26(16-20-31)37(36-23-28-9-5-6-12-33(28)34-13-7-8-14-35(34)36)27-17-21-32(22-18-27)41-25-30(39)24-38-29-10-3-2-4-11-29/h5-9,12-23,29-30,37-39H,2-4,10-11,24-25H2,1H3. The van der Waals surface area contributed by atoms with Gasteiger partial charge in [0.15, 0.2) is 0 Å². The molecule has 0 radical (unpaired) electrons. The second kappa shape index (κ2) is 12.8. The minimum Gasteiger partial charge on any atom is -0.497 e. The van der Waals surface area contributed by atoms with Crippen LogP contribution in [0.15, 0.2) is 103 Å². The molecule has 210 valence electrons. The van der Waals surface area contributed by atoms with Crippen LogP contribution in [0, 0.1) is 0 Å². The molecule has 0 amide bonds. The minimum absolute atomic E-state index is 0.0229. The Bertz CT molecular complexity index is 1570. The molecule has 4 nitrogen and oxygen atoms in total. The number of benzene rings is 5. The quantitative estimate of drug-likeness (QED) is 0.139. The first-order valence-electron chi connectivity index (χ1n) is 14.9. The van der Waals surface area contributed by atoms with E-state index in [1.807, 2.05) is 24.3 Å². The molecule has 0 aromatic heterocycles. The van der Waals surface area contributed by atoms with Crippen molar-refractivity contribution in [2.45, 2.75) is 50.2 Å². The molecule has 4 heteroatoms. The van der Waals surface area contributed by atoms with Crippen molar-refractivity contribution in [2.24, 2.45) is 0 Å². The zero-order chi connectivity index (χ0) is 28.0. The highest BCUT2D eigenvalue weighted by Gasteiger charge is 2.21. The molecule has 1 aliphatic carbocycles. The molecule has 0 saturated heterocycles. The largest absolute Gasteiger partial charge is 0.497 e. The molecule has 41 heavy (non-hydrogen) atoms. The zero-order valence-corrected chi connectivity index (χ0v) is 23.8. The number of hydrogen-bond donors (Lipinski definition) is 2. The van der Waals surface area contributed by atoms with Crippen molar-refractivity contribution in [3.05, 3.63) is 120 Å². The number of nitrogens with one attached hydrogen (secondary N) is 1. The fourth-order valence-corrected chi connectivity index (χ4v) is 6.29. The van der Waals surface area contributed by atoms with E-state index < -0.39 is 6.10 Å². The molecule has 5 aromatic rings. The van der Waals surface area contributed by atoms with E-state index in [9.17, 15) is 5.11 Å². The normalized spacial score (nSPS) is 15.6. The lowest BCUT2D eigenvalue weighted by atomic mass is 9.81. The number of hydrogen-bond acceptors (Lipinski definition) is 4. The fourth-order valence-electron chi connectivity index (χ4n) is 6.29. The molecule has 2 unspecified atom stereocenters. The summed E-state index contributed by atoms with van der Waals surface area (Å²) in [7, 11) is 1.70. The van der Waals surface area contributed by atoms with E-state index in [1.54, 1.807) is 7.11 Å². The Morgan fingerprint density at radius 3 is 2.02 bits per heavy atom. The van der Waals surface area contributed by atoms with E-state index in [4.69, 9.17) is 9.47 Å². The number of ether oxygens (including phenoxy) is 2. The van der Waals surface area contributed by atoms with Crippen molar-refractivity contribution < 1.29 is 14.6 Å². The van der Waals surface area contributed by atoms with Gasteiger partial charge in [-0.3, -0.25) is 0 Å². The fraction of sp³-hybridized carbons (Fsp3) is 0.297. The second-order valence-corrected chi connectivity index (χ2v) is 11.2. The summed E-state index contributed by atoms with van der Waals surface area (Å²) in [5, 5.41) is 19.0. The Labute approximate surface area is 242 Å². The molecule has 2 N–H and O–H groups in total. The molecule has 0 spiro atoms. The topological polar surface area (TPSA) is 50.7 Å². The van der Waals surface area contributed by atoms with E-state index in [2.05, 4.69) is 84.2 Å². The number of rotatable bonds is 10. The lowest BCUT2D eigenvalue weighted by molar-refractivity contribution is 0.102. The Morgan fingerprint density at radius 2 is 1.34 bits per heavy atom. The number of methoxy groups -OCH3 is 1. The summed E-state index contributed by atoms with van der Waals surface area (Å²) in [5.74, 6) is 1.63. The molecule has 0 heterocycles. The summed E-state index contributed by atoms with van der Waals surface area (Å²) in [5.41, 5.74) is 3.65. The van der Waals surface area contributed by atoms with Crippen molar-refractivity contribution in [2.75, 3.05) is 20.3 Å². The van der Waals surface area contributed by atoms with Crippen LogP contribution in [-0.4, -0.2) is 37.5 Å². The van der Waals surface area contributed by atoms with Gasteiger partial charge in [0.25, 0.3) is 0 Å². The van der Waals surface area contributed by atoms with Gasteiger partial charge in [0.2, 0.25) is 0 Å². The monoisotopic (exact) mass is 545 g/mol. The van der Waals surface area contributed by atoms with Gasteiger partial charge in [-0.05, 0) is 81.4 Å². The zero-order valence-electron chi connectivity index (χ0n) is 23.8. The third-order valence-corrected chi connectivity index (χ3v) is 8.46. The minimum atomic E-state index is -0.535. The summed E-state index contributed by atoms with van der Waals surface area (Å²) in [6.07, 6.45) is 5.77. The van der Waals surface area contributed by atoms with Crippen LogP contribution in [0.1, 0.15) is 54.7 Å². The molecule has 1 aliphatic rings. The van der Waals surface area contributed by atoms with Crippen molar-refractivity contribution in [3.63, 3.8) is 0 Å². The van der Waals surface area contributed by atoms with Gasteiger partial charge in [0.1, 0.15) is 24.2 Å². The molecule has 0 aliphatic heterocycles. The van der Waals surface area contributed by atoms with Gasteiger partial charge in [0.05, 0.1) is 7.11 Å². The molecule has 0 bridgehead atoms. The highest BCUT2D eigenvalue weighted by Crippen LogP contribution is 2.40. The van der Waals surface area contributed by atoms with Gasteiger partial charge in [-0.25, -0.2) is 0 Å². The van der Waals surface area contributed by atoms with Crippen LogP contribution in [0.3, 0.4) is 0 Å². The van der Waals surface area contributed by atoms with Crippen LogP contribution >= 0.6 is 0 Å². The van der Waals surface area contributed by atoms with Gasteiger partial charge in [-0.2, -0.15) is 0 Å². The van der Waals surface area contributed by atoms with Gasteiger partial charge < -0.3 is 19.9 Å². The highest BCUT2D eigenvalue weighted by molar-refractivity contribution is 6.09. The predicted molar refractivity (Wildman–Crippen MR) is 168 cm³/mol. The first-order chi connectivity index (χ1) is 20.2. The van der Waals surface area contributed by atoms with E-state index in [0.717, 1.165) is 11.5 Å². The van der Waals surface area contributed by atoms with Crippen LogP contribution in [-0.2, 0) is 0 Å². The Morgan fingerprint density at radius 1 is 0.732 bits per heavy atom. The number of fused-ring (bicyclic) bond motifs is 3. The van der Waals surface area contributed by atoms with Crippen LogP contribution < -0.4 is 14.8 Å². The first-order valence-corrected chi connectivity index (χ1v) is 14.9. The summed E-state index contributed by atoms with van der Waals surface area (Å²) in [4.78, 5) is 0. The van der Waals surface area contributed by atoms with E-state index in [-0.39, 0.29) is 12.5 Å². The molecule has 6 rings (SSSR count). The second-order valence-electron chi connectivity index (χ2n) is 11.2. The van der Waals surface area contributed by atoms with Crippen molar-refractivity contribution in [1.82, 2.24) is 5.32 Å². The first kappa shape index (κ1) is 27.3. The van der Waals surface area contributed by atoms with Gasteiger partial charge in [-0.1, -0.05) is 92.1 Å². The van der Waals surface area contributed by atoms with Crippen LogP contribution in [0.4, 0.5) is 0 Å². The summed E-state index contributed by atoms with van der Waals surface area (Å²) >= 11 is 0. The van der Waals surface area contributed by atoms with Gasteiger partial charge in [0, 0.05) is 18.5 Å². The smallest absolute Gasteiger partial charge is 0.119 e.